The van der Waals surface area contributed by atoms with Gasteiger partial charge in [-0.1, -0.05) is 18.2 Å². The second-order valence-electron chi connectivity index (χ2n) is 5.27. The van der Waals surface area contributed by atoms with Crippen molar-refractivity contribution in [2.45, 2.75) is 13.8 Å². The van der Waals surface area contributed by atoms with Gasteiger partial charge in [0.05, 0.1) is 5.69 Å². The predicted octanol–water partition coefficient (Wildman–Crippen LogP) is 3.51. The normalized spacial score (nSPS) is 10.4. The molecule has 0 unspecified atom stereocenters. The second kappa shape index (κ2) is 7.83. The van der Waals surface area contributed by atoms with E-state index >= 15 is 0 Å². The molecular weight excluding hydrogens is 333 g/mol. The van der Waals surface area contributed by atoms with Crippen LogP contribution in [0.25, 0.3) is 0 Å². The highest BCUT2D eigenvalue weighted by Gasteiger charge is 2.25. The minimum atomic E-state index is -1.69. The number of benzene rings is 2. The minimum Gasteiger partial charge on any atom is -0.311 e. The van der Waals surface area contributed by atoms with Gasteiger partial charge in [-0.3, -0.25) is 9.59 Å². The van der Waals surface area contributed by atoms with Crippen LogP contribution in [0.3, 0.4) is 0 Å². The first-order valence-corrected chi connectivity index (χ1v) is 7.63. The molecule has 2 aromatic rings. The molecule has 25 heavy (non-hydrogen) atoms. The van der Waals surface area contributed by atoms with Crippen LogP contribution in [0.5, 0.6) is 0 Å². The summed E-state index contributed by atoms with van der Waals surface area (Å²) in [5.41, 5.74) is 0.133. The molecule has 2 rings (SSSR count). The molecule has 0 aliphatic rings. The molecule has 132 valence electrons. The Morgan fingerprint density at radius 3 is 2.12 bits per heavy atom. The number of amides is 2. The summed E-state index contributed by atoms with van der Waals surface area (Å²) >= 11 is 0. The standard InChI is InChI=1S/C18H17F3N2O2/c1-3-22(13-7-5-4-6-8-13)16(25)11-23(12(2)24)15-10-9-14(19)17(20)18(15)21/h4-10H,3,11H2,1-2H3. The number of nitrogens with zero attached hydrogens (tertiary/aromatic N) is 2. The summed E-state index contributed by atoms with van der Waals surface area (Å²) in [6.45, 7) is 2.70. The molecule has 0 bridgehead atoms. The van der Waals surface area contributed by atoms with Crippen LogP contribution < -0.4 is 9.80 Å². The van der Waals surface area contributed by atoms with Gasteiger partial charge in [0.15, 0.2) is 17.5 Å². The van der Waals surface area contributed by atoms with Gasteiger partial charge in [-0.05, 0) is 31.2 Å². The first kappa shape index (κ1) is 18.5. The number of carbonyl (C=O) groups excluding carboxylic acids is 2. The molecule has 0 radical (unpaired) electrons. The van der Waals surface area contributed by atoms with Crippen molar-refractivity contribution in [2.24, 2.45) is 0 Å². The fourth-order valence-electron chi connectivity index (χ4n) is 2.42. The summed E-state index contributed by atoms with van der Waals surface area (Å²) < 4.78 is 40.6. The van der Waals surface area contributed by atoms with Crippen LogP contribution in [0.1, 0.15) is 13.8 Å². The molecule has 2 amide bonds. The van der Waals surface area contributed by atoms with Crippen molar-refractivity contribution in [2.75, 3.05) is 22.9 Å². The van der Waals surface area contributed by atoms with E-state index in [4.69, 9.17) is 0 Å². The van der Waals surface area contributed by atoms with Crippen molar-refractivity contribution in [3.8, 4) is 0 Å². The van der Waals surface area contributed by atoms with Gasteiger partial charge in [-0.15, -0.1) is 0 Å². The second-order valence-corrected chi connectivity index (χ2v) is 5.27. The largest absolute Gasteiger partial charge is 0.311 e. The Hall–Kier alpha value is -2.83. The third-order valence-electron chi connectivity index (χ3n) is 3.66. The van der Waals surface area contributed by atoms with Crippen LogP contribution in [-0.4, -0.2) is 24.9 Å². The van der Waals surface area contributed by atoms with E-state index in [1.807, 2.05) is 0 Å². The monoisotopic (exact) mass is 350 g/mol. The van der Waals surface area contributed by atoms with E-state index in [1.54, 1.807) is 37.3 Å². The maximum absolute atomic E-state index is 14.0. The summed E-state index contributed by atoms with van der Waals surface area (Å²) in [6, 6.07) is 10.4. The molecule has 4 nitrogen and oxygen atoms in total. The molecule has 0 spiro atoms. The average molecular weight is 350 g/mol. The van der Waals surface area contributed by atoms with Gasteiger partial charge < -0.3 is 9.80 Å². The number of rotatable bonds is 5. The van der Waals surface area contributed by atoms with E-state index in [0.717, 1.165) is 17.9 Å². The maximum atomic E-state index is 14.0. The zero-order valence-electron chi connectivity index (χ0n) is 13.8. The summed E-state index contributed by atoms with van der Waals surface area (Å²) in [5, 5.41) is 0. The summed E-state index contributed by atoms with van der Waals surface area (Å²) in [6.07, 6.45) is 0. The lowest BCUT2D eigenvalue weighted by Crippen LogP contribution is -2.43. The van der Waals surface area contributed by atoms with E-state index in [2.05, 4.69) is 0 Å². The van der Waals surface area contributed by atoms with Crippen LogP contribution in [0.2, 0.25) is 0 Å². The van der Waals surface area contributed by atoms with Gasteiger partial charge >= 0.3 is 0 Å². The van der Waals surface area contributed by atoms with Crippen LogP contribution >= 0.6 is 0 Å². The van der Waals surface area contributed by atoms with E-state index in [1.165, 1.54) is 4.90 Å². The van der Waals surface area contributed by atoms with Gasteiger partial charge in [-0.25, -0.2) is 13.2 Å². The van der Waals surface area contributed by atoms with Crippen LogP contribution in [0.15, 0.2) is 42.5 Å². The number of anilines is 2. The van der Waals surface area contributed by atoms with Crippen molar-refractivity contribution in [1.82, 2.24) is 0 Å². The SMILES string of the molecule is CCN(C(=O)CN(C(C)=O)c1ccc(F)c(F)c1F)c1ccccc1. The number of likely N-dealkylation sites (N-methyl/N-ethyl adjacent to an activating group) is 1. The summed E-state index contributed by atoms with van der Waals surface area (Å²) in [5.74, 6) is -5.71. The van der Waals surface area contributed by atoms with Gasteiger partial charge in [0.1, 0.15) is 6.54 Å². The Morgan fingerprint density at radius 1 is 0.920 bits per heavy atom. The van der Waals surface area contributed by atoms with E-state index in [0.29, 0.717) is 18.3 Å². The topological polar surface area (TPSA) is 40.6 Å². The third kappa shape index (κ3) is 3.99. The van der Waals surface area contributed by atoms with Gasteiger partial charge in [0.2, 0.25) is 11.8 Å². The molecule has 0 N–H and O–H groups in total. The maximum Gasteiger partial charge on any atom is 0.247 e. The Bertz CT molecular complexity index is 781. The quantitative estimate of drug-likeness (QED) is 0.775. The zero-order valence-corrected chi connectivity index (χ0v) is 13.8. The van der Waals surface area contributed by atoms with Crippen molar-refractivity contribution >= 4 is 23.2 Å². The highest BCUT2D eigenvalue weighted by atomic mass is 19.2. The number of carbonyl (C=O) groups is 2. The summed E-state index contributed by atoms with van der Waals surface area (Å²) in [7, 11) is 0. The molecule has 0 saturated carbocycles. The number of hydrogen-bond donors (Lipinski definition) is 0. The first-order chi connectivity index (χ1) is 11.9. The Balaban J connectivity index is 2.32. The van der Waals surface area contributed by atoms with E-state index < -0.39 is 41.5 Å². The van der Waals surface area contributed by atoms with Crippen LogP contribution in [0, 0.1) is 17.5 Å². The van der Waals surface area contributed by atoms with Crippen molar-refractivity contribution in [3.05, 3.63) is 59.9 Å². The lowest BCUT2D eigenvalue weighted by molar-refractivity contribution is -0.121. The summed E-state index contributed by atoms with van der Waals surface area (Å²) in [4.78, 5) is 26.6. The molecular formula is C18H17F3N2O2. The first-order valence-electron chi connectivity index (χ1n) is 7.63. The zero-order chi connectivity index (χ0) is 18.6. The molecule has 0 heterocycles. The lowest BCUT2D eigenvalue weighted by Gasteiger charge is -2.26. The fourth-order valence-corrected chi connectivity index (χ4v) is 2.42. The molecule has 0 saturated heterocycles. The Kier molecular flexibility index (Phi) is 5.80. The predicted molar refractivity (Wildman–Crippen MR) is 88.8 cm³/mol. The Labute approximate surface area is 143 Å². The van der Waals surface area contributed by atoms with Crippen LogP contribution in [0.4, 0.5) is 24.5 Å². The molecule has 0 aliphatic heterocycles. The smallest absolute Gasteiger partial charge is 0.247 e. The van der Waals surface area contributed by atoms with Crippen LogP contribution in [-0.2, 0) is 9.59 Å². The molecule has 0 aliphatic carbocycles. The van der Waals surface area contributed by atoms with Crippen molar-refractivity contribution in [3.63, 3.8) is 0 Å². The highest BCUT2D eigenvalue weighted by molar-refractivity contribution is 6.03. The fraction of sp³-hybridized carbons (Fsp3) is 0.222. The highest BCUT2D eigenvalue weighted by Crippen LogP contribution is 2.24. The van der Waals surface area contributed by atoms with Gasteiger partial charge in [0.25, 0.3) is 0 Å². The average Bonchev–Trinajstić information content (AvgIpc) is 2.60. The number of halogens is 3. The molecule has 2 aromatic carbocycles. The lowest BCUT2D eigenvalue weighted by atomic mass is 10.2. The number of para-hydroxylation sites is 1. The Morgan fingerprint density at radius 2 is 1.56 bits per heavy atom. The van der Waals surface area contributed by atoms with Crippen molar-refractivity contribution < 1.29 is 22.8 Å². The minimum absolute atomic E-state index is 0.328. The third-order valence-corrected chi connectivity index (χ3v) is 3.66. The van der Waals surface area contributed by atoms with Crippen molar-refractivity contribution in [1.29, 1.82) is 0 Å². The van der Waals surface area contributed by atoms with E-state index in [-0.39, 0.29) is 0 Å². The molecule has 7 heteroatoms. The number of hydrogen-bond acceptors (Lipinski definition) is 2. The molecule has 0 atom stereocenters. The van der Waals surface area contributed by atoms with Gasteiger partial charge in [0, 0.05) is 19.2 Å². The molecule has 0 fully saturated rings. The van der Waals surface area contributed by atoms with E-state index in [9.17, 15) is 22.8 Å². The molecule has 0 aromatic heterocycles. The van der Waals surface area contributed by atoms with Gasteiger partial charge in [-0.2, -0.15) is 0 Å².